The van der Waals surface area contributed by atoms with Crippen molar-refractivity contribution in [1.29, 1.82) is 0 Å². The second kappa shape index (κ2) is 6.64. The van der Waals surface area contributed by atoms with Crippen LogP contribution in [-0.2, 0) is 4.74 Å². The summed E-state index contributed by atoms with van der Waals surface area (Å²) < 4.78 is 5.81. The summed E-state index contributed by atoms with van der Waals surface area (Å²) in [7, 11) is 0. The Kier molecular flexibility index (Phi) is 4.63. The standard InChI is InChI=1S/C15H20ClN3O2/c16-11-3-5-12(6-4-11)18-15(20)17-8-14-9-19-7-1-2-13(19)10-21-14/h3-6,13-14H,1-2,7-10H2,(H2,17,18,20)/t13-,14+/m1/s1. The highest BCUT2D eigenvalue weighted by atomic mass is 35.5. The van der Waals surface area contributed by atoms with Crippen LogP contribution in [0.1, 0.15) is 12.8 Å². The van der Waals surface area contributed by atoms with Gasteiger partial charge in [0.15, 0.2) is 0 Å². The maximum Gasteiger partial charge on any atom is 0.319 e. The Balaban J connectivity index is 1.42. The van der Waals surface area contributed by atoms with Crippen molar-refractivity contribution in [3.8, 4) is 0 Å². The molecule has 2 fully saturated rings. The van der Waals surface area contributed by atoms with Gasteiger partial charge in [0.1, 0.15) is 0 Å². The summed E-state index contributed by atoms with van der Waals surface area (Å²) in [5.41, 5.74) is 0.723. The topological polar surface area (TPSA) is 53.6 Å². The lowest BCUT2D eigenvalue weighted by Crippen LogP contribution is -2.50. The minimum atomic E-state index is -0.218. The van der Waals surface area contributed by atoms with Crippen LogP contribution in [0.4, 0.5) is 10.5 Å². The number of carbonyl (C=O) groups excluding carboxylic acids is 1. The predicted octanol–water partition coefficient (Wildman–Crippen LogP) is 2.32. The van der Waals surface area contributed by atoms with Crippen LogP contribution in [0.3, 0.4) is 0 Å². The SMILES string of the molecule is O=C(NC[C@H]1CN2CCC[C@@H]2CO1)Nc1ccc(Cl)cc1. The van der Waals surface area contributed by atoms with E-state index < -0.39 is 0 Å². The zero-order valence-corrected chi connectivity index (χ0v) is 12.6. The number of anilines is 1. The number of morpholine rings is 1. The van der Waals surface area contributed by atoms with Gasteiger partial charge < -0.3 is 15.4 Å². The zero-order valence-electron chi connectivity index (χ0n) is 11.8. The highest BCUT2D eigenvalue weighted by Crippen LogP contribution is 2.22. The number of urea groups is 1. The number of hydrogen-bond acceptors (Lipinski definition) is 3. The highest BCUT2D eigenvalue weighted by Gasteiger charge is 2.32. The molecule has 2 atom stereocenters. The lowest BCUT2D eigenvalue weighted by Gasteiger charge is -2.35. The third kappa shape index (κ3) is 3.87. The molecule has 2 heterocycles. The van der Waals surface area contributed by atoms with Crippen LogP contribution in [-0.4, -0.2) is 49.3 Å². The van der Waals surface area contributed by atoms with Crippen molar-refractivity contribution >= 4 is 23.3 Å². The third-order valence-electron chi connectivity index (χ3n) is 4.05. The smallest absolute Gasteiger partial charge is 0.319 e. The van der Waals surface area contributed by atoms with E-state index in [4.69, 9.17) is 16.3 Å². The Morgan fingerprint density at radius 2 is 2.19 bits per heavy atom. The second-order valence-corrected chi connectivity index (χ2v) is 6.02. The van der Waals surface area contributed by atoms with Gasteiger partial charge in [-0.2, -0.15) is 0 Å². The molecule has 1 aromatic rings. The van der Waals surface area contributed by atoms with Crippen LogP contribution in [0.25, 0.3) is 0 Å². The van der Waals surface area contributed by atoms with E-state index in [2.05, 4.69) is 15.5 Å². The molecular formula is C15H20ClN3O2. The molecule has 0 saturated carbocycles. The molecule has 3 rings (SSSR count). The largest absolute Gasteiger partial charge is 0.373 e. The number of amides is 2. The maximum absolute atomic E-state index is 11.8. The van der Waals surface area contributed by atoms with E-state index in [-0.39, 0.29) is 12.1 Å². The van der Waals surface area contributed by atoms with Crippen LogP contribution < -0.4 is 10.6 Å². The molecular weight excluding hydrogens is 290 g/mol. The molecule has 0 aromatic heterocycles. The van der Waals surface area contributed by atoms with Gasteiger partial charge in [-0.05, 0) is 43.7 Å². The molecule has 0 radical (unpaired) electrons. The monoisotopic (exact) mass is 309 g/mol. The van der Waals surface area contributed by atoms with Gasteiger partial charge >= 0.3 is 6.03 Å². The number of rotatable bonds is 3. The molecule has 21 heavy (non-hydrogen) atoms. The van der Waals surface area contributed by atoms with Gasteiger partial charge in [0.05, 0.1) is 12.7 Å². The molecule has 0 unspecified atom stereocenters. The Bertz CT molecular complexity index is 494. The fourth-order valence-electron chi connectivity index (χ4n) is 2.92. The summed E-state index contributed by atoms with van der Waals surface area (Å²) in [5.74, 6) is 0. The molecule has 0 spiro atoms. The first kappa shape index (κ1) is 14.6. The zero-order chi connectivity index (χ0) is 14.7. The average molecular weight is 310 g/mol. The van der Waals surface area contributed by atoms with Crippen molar-refractivity contribution < 1.29 is 9.53 Å². The summed E-state index contributed by atoms with van der Waals surface area (Å²) in [4.78, 5) is 14.3. The Morgan fingerprint density at radius 1 is 1.38 bits per heavy atom. The number of halogens is 1. The molecule has 0 aliphatic carbocycles. The van der Waals surface area contributed by atoms with E-state index in [1.54, 1.807) is 24.3 Å². The minimum absolute atomic E-state index is 0.0790. The molecule has 2 aliphatic heterocycles. The van der Waals surface area contributed by atoms with Gasteiger partial charge in [0.25, 0.3) is 0 Å². The van der Waals surface area contributed by atoms with Crippen molar-refractivity contribution in [3.05, 3.63) is 29.3 Å². The summed E-state index contributed by atoms with van der Waals surface area (Å²) in [6.45, 7) is 3.38. The minimum Gasteiger partial charge on any atom is -0.373 e. The molecule has 0 bridgehead atoms. The molecule has 2 N–H and O–H groups in total. The summed E-state index contributed by atoms with van der Waals surface area (Å²) in [5, 5.41) is 6.29. The van der Waals surface area contributed by atoms with E-state index >= 15 is 0 Å². The number of ether oxygens (including phenoxy) is 1. The van der Waals surface area contributed by atoms with E-state index in [1.807, 2.05) is 0 Å². The number of fused-ring (bicyclic) bond motifs is 1. The molecule has 2 amide bonds. The number of hydrogen-bond donors (Lipinski definition) is 2. The van der Waals surface area contributed by atoms with Crippen molar-refractivity contribution in [3.63, 3.8) is 0 Å². The highest BCUT2D eigenvalue weighted by molar-refractivity contribution is 6.30. The van der Waals surface area contributed by atoms with E-state index in [0.29, 0.717) is 17.6 Å². The van der Waals surface area contributed by atoms with Crippen LogP contribution >= 0.6 is 11.6 Å². The van der Waals surface area contributed by atoms with Gasteiger partial charge in [-0.1, -0.05) is 11.6 Å². The van der Waals surface area contributed by atoms with Crippen LogP contribution in [0, 0.1) is 0 Å². The molecule has 6 heteroatoms. The summed E-state index contributed by atoms with van der Waals surface area (Å²) >= 11 is 5.81. The number of nitrogens with zero attached hydrogens (tertiary/aromatic N) is 1. The fourth-order valence-corrected chi connectivity index (χ4v) is 3.05. The average Bonchev–Trinajstić information content (AvgIpc) is 2.95. The van der Waals surface area contributed by atoms with E-state index in [0.717, 1.165) is 25.4 Å². The normalized spacial score (nSPS) is 25.4. The molecule has 1 aromatic carbocycles. The lowest BCUT2D eigenvalue weighted by atomic mass is 10.2. The van der Waals surface area contributed by atoms with Gasteiger partial charge in [-0.3, -0.25) is 4.90 Å². The first-order valence-electron chi connectivity index (χ1n) is 7.37. The predicted molar refractivity (Wildman–Crippen MR) is 82.8 cm³/mol. The van der Waals surface area contributed by atoms with Gasteiger partial charge in [-0.25, -0.2) is 4.79 Å². The third-order valence-corrected chi connectivity index (χ3v) is 4.31. The Morgan fingerprint density at radius 3 is 3.00 bits per heavy atom. The molecule has 2 aliphatic rings. The number of carbonyl (C=O) groups is 1. The Hall–Kier alpha value is -1.30. The van der Waals surface area contributed by atoms with E-state index in [9.17, 15) is 4.79 Å². The lowest BCUT2D eigenvalue weighted by molar-refractivity contribution is -0.0456. The first-order chi connectivity index (χ1) is 10.2. The van der Waals surface area contributed by atoms with Crippen molar-refractivity contribution in [2.45, 2.75) is 25.0 Å². The molecule has 5 nitrogen and oxygen atoms in total. The maximum atomic E-state index is 11.8. The summed E-state index contributed by atoms with van der Waals surface area (Å²) in [6, 6.07) is 7.40. The first-order valence-corrected chi connectivity index (χ1v) is 7.74. The van der Waals surface area contributed by atoms with Crippen LogP contribution in [0.2, 0.25) is 5.02 Å². The molecule has 2 saturated heterocycles. The van der Waals surface area contributed by atoms with Crippen molar-refractivity contribution in [2.24, 2.45) is 0 Å². The summed E-state index contributed by atoms with van der Waals surface area (Å²) in [6.07, 6.45) is 2.57. The number of benzene rings is 1. The van der Waals surface area contributed by atoms with Gasteiger partial charge in [-0.15, -0.1) is 0 Å². The van der Waals surface area contributed by atoms with Gasteiger partial charge in [0, 0.05) is 29.8 Å². The van der Waals surface area contributed by atoms with Crippen LogP contribution in [0.15, 0.2) is 24.3 Å². The van der Waals surface area contributed by atoms with Crippen LogP contribution in [0.5, 0.6) is 0 Å². The molecule has 114 valence electrons. The second-order valence-electron chi connectivity index (χ2n) is 5.59. The van der Waals surface area contributed by atoms with Crippen molar-refractivity contribution in [2.75, 3.05) is 31.6 Å². The number of nitrogens with one attached hydrogen (secondary N) is 2. The Labute approximate surface area is 129 Å². The van der Waals surface area contributed by atoms with E-state index in [1.165, 1.54) is 12.8 Å². The van der Waals surface area contributed by atoms with Gasteiger partial charge in [0.2, 0.25) is 0 Å². The fraction of sp³-hybridized carbons (Fsp3) is 0.533. The van der Waals surface area contributed by atoms with Crippen molar-refractivity contribution in [1.82, 2.24) is 10.2 Å². The quantitative estimate of drug-likeness (QED) is 0.901.